The fourth-order valence-electron chi connectivity index (χ4n) is 1.23. The molecule has 5 nitrogen and oxygen atoms in total. The fraction of sp³-hybridized carbons (Fsp3) is 0.375. The average Bonchev–Trinajstić information content (AvgIpc) is 2.65. The lowest BCUT2D eigenvalue weighted by atomic mass is 10.3. The molecule has 80 valence electrons. The van der Waals surface area contributed by atoms with Crippen molar-refractivity contribution in [3.8, 4) is 6.01 Å². The summed E-state index contributed by atoms with van der Waals surface area (Å²) in [5.41, 5.74) is 3.76. The highest BCUT2D eigenvalue weighted by molar-refractivity contribution is 6.31. The Morgan fingerprint density at radius 2 is 1.93 bits per heavy atom. The van der Waals surface area contributed by atoms with Crippen molar-refractivity contribution in [2.75, 3.05) is 0 Å². The number of hydrogen-bond donors (Lipinski definition) is 1. The molecule has 1 aromatic heterocycles. The lowest BCUT2D eigenvalue weighted by Crippen LogP contribution is -2.18. The molecule has 1 N–H and O–H groups in total. The topological polar surface area (TPSA) is 59.9 Å². The number of aromatic nitrogens is 3. The lowest BCUT2D eigenvalue weighted by molar-refractivity contribution is 0.205. The molecule has 2 rings (SSSR count). The van der Waals surface area contributed by atoms with Gasteiger partial charge in [0.15, 0.2) is 0 Å². The van der Waals surface area contributed by atoms with E-state index >= 15 is 0 Å². The second-order valence-electron chi connectivity index (χ2n) is 2.98. The SMILES string of the molecule is Clc1nc(Cl)nc(ONC2=CCCC2)n1. The van der Waals surface area contributed by atoms with E-state index in [4.69, 9.17) is 28.0 Å². The molecule has 0 radical (unpaired) electrons. The summed E-state index contributed by atoms with van der Waals surface area (Å²) >= 11 is 11.2. The normalized spacial score (nSPS) is 14.9. The predicted octanol–water partition coefficient (Wildman–Crippen LogP) is 2.13. The van der Waals surface area contributed by atoms with Crippen molar-refractivity contribution in [3.63, 3.8) is 0 Å². The molecule has 1 aliphatic carbocycles. The zero-order valence-corrected chi connectivity index (χ0v) is 9.22. The van der Waals surface area contributed by atoms with Crippen molar-refractivity contribution in [1.29, 1.82) is 0 Å². The zero-order valence-electron chi connectivity index (χ0n) is 7.70. The molecular formula is C8H8Cl2N4O. The van der Waals surface area contributed by atoms with Gasteiger partial charge in [0.1, 0.15) is 0 Å². The molecule has 0 saturated heterocycles. The third kappa shape index (κ3) is 2.94. The van der Waals surface area contributed by atoms with Crippen LogP contribution in [0.1, 0.15) is 19.3 Å². The van der Waals surface area contributed by atoms with Gasteiger partial charge < -0.3 is 4.84 Å². The predicted molar refractivity (Wildman–Crippen MR) is 55.5 cm³/mol. The Morgan fingerprint density at radius 3 is 2.53 bits per heavy atom. The summed E-state index contributed by atoms with van der Waals surface area (Å²) in [6.07, 6.45) is 5.21. The minimum Gasteiger partial charge on any atom is -0.340 e. The van der Waals surface area contributed by atoms with Gasteiger partial charge in [-0.15, -0.1) is 0 Å². The van der Waals surface area contributed by atoms with Crippen molar-refractivity contribution in [1.82, 2.24) is 20.4 Å². The molecule has 0 atom stereocenters. The van der Waals surface area contributed by atoms with Crippen molar-refractivity contribution >= 4 is 23.2 Å². The molecule has 0 spiro atoms. The fourth-order valence-corrected chi connectivity index (χ4v) is 1.58. The standard InChI is InChI=1S/C8H8Cl2N4O/c9-6-11-7(10)13-8(12-6)15-14-5-3-1-2-4-5/h3,14H,1-2,4H2. The van der Waals surface area contributed by atoms with Crippen LogP contribution in [0.3, 0.4) is 0 Å². The van der Waals surface area contributed by atoms with E-state index in [2.05, 4.69) is 26.5 Å². The molecule has 7 heteroatoms. The van der Waals surface area contributed by atoms with Gasteiger partial charge >= 0.3 is 6.01 Å². The number of halogens is 2. The molecule has 0 aromatic carbocycles. The maximum Gasteiger partial charge on any atom is 0.348 e. The average molecular weight is 247 g/mol. The van der Waals surface area contributed by atoms with Crippen LogP contribution < -0.4 is 10.3 Å². The Bertz CT molecular complexity index is 376. The first-order valence-electron chi connectivity index (χ1n) is 4.43. The van der Waals surface area contributed by atoms with E-state index in [1.54, 1.807) is 0 Å². The van der Waals surface area contributed by atoms with E-state index in [0.29, 0.717) is 0 Å². The van der Waals surface area contributed by atoms with Gasteiger partial charge in [0.05, 0.1) is 0 Å². The summed E-state index contributed by atoms with van der Waals surface area (Å²) in [4.78, 5) is 16.2. The smallest absolute Gasteiger partial charge is 0.340 e. The maximum atomic E-state index is 5.58. The van der Waals surface area contributed by atoms with E-state index < -0.39 is 0 Å². The number of hydrogen-bond acceptors (Lipinski definition) is 5. The second-order valence-corrected chi connectivity index (χ2v) is 3.66. The summed E-state index contributed by atoms with van der Waals surface area (Å²) in [5, 5.41) is 0.0133. The summed E-state index contributed by atoms with van der Waals surface area (Å²) in [6, 6.07) is 0.0628. The molecule has 0 fully saturated rings. The highest BCUT2D eigenvalue weighted by Gasteiger charge is 2.07. The van der Waals surface area contributed by atoms with E-state index in [1.165, 1.54) is 0 Å². The van der Waals surface area contributed by atoms with Crippen LogP contribution in [-0.4, -0.2) is 15.0 Å². The van der Waals surface area contributed by atoms with Gasteiger partial charge in [-0.2, -0.15) is 15.0 Å². The summed E-state index contributed by atoms with van der Waals surface area (Å²) in [7, 11) is 0. The van der Waals surface area contributed by atoms with Crippen molar-refractivity contribution in [3.05, 3.63) is 22.3 Å². The molecule has 0 saturated carbocycles. The number of nitrogens with zero attached hydrogens (tertiary/aromatic N) is 3. The maximum absolute atomic E-state index is 5.58. The Labute approximate surface area is 96.4 Å². The molecular weight excluding hydrogens is 239 g/mol. The monoisotopic (exact) mass is 246 g/mol. The lowest BCUT2D eigenvalue weighted by Gasteiger charge is -2.06. The van der Waals surface area contributed by atoms with Crippen LogP contribution in [0.5, 0.6) is 6.01 Å². The van der Waals surface area contributed by atoms with Crippen LogP contribution in [0.4, 0.5) is 0 Å². The van der Waals surface area contributed by atoms with Gasteiger partial charge in [0, 0.05) is 5.70 Å². The van der Waals surface area contributed by atoms with Crippen LogP contribution in [0, 0.1) is 0 Å². The van der Waals surface area contributed by atoms with Crippen molar-refractivity contribution < 1.29 is 4.84 Å². The molecule has 0 aliphatic heterocycles. The van der Waals surface area contributed by atoms with Crippen molar-refractivity contribution in [2.24, 2.45) is 0 Å². The third-order valence-corrected chi connectivity index (χ3v) is 2.21. The van der Waals surface area contributed by atoms with Gasteiger partial charge in [-0.3, -0.25) is 0 Å². The first kappa shape index (κ1) is 10.4. The highest BCUT2D eigenvalue weighted by atomic mass is 35.5. The van der Waals surface area contributed by atoms with E-state index in [9.17, 15) is 0 Å². The van der Waals surface area contributed by atoms with Crippen LogP contribution in [0.25, 0.3) is 0 Å². The number of nitrogens with one attached hydrogen (secondary N) is 1. The van der Waals surface area contributed by atoms with Gasteiger partial charge in [-0.1, -0.05) is 6.08 Å². The van der Waals surface area contributed by atoms with Crippen LogP contribution in [0.15, 0.2) is 11.8 Å². The van der Waals surface area contributed by atoms with Crippen LogP contribution in [-0.2, 0) is 0 Å². The van der Waals surface area contributed by atoms with E-state index in [0.717, 1.165) is 25.0 Å². The highest BCUT2D eigenvalue weighted by Crippen LogP contribution is 2.16. The molecule has 0 bridgehead atoms. The number of hydroxylamine groups is 1. The third-order valence-electron chi connectivity index (χ3n) is 1.87. The Hall–Kier alpha value is -1.07. The van der Waals surface area contributed by atoms with E-state index in [-0.39, 0.29) is 16.6 Å². The van der Waals surface area contributed by atoms with Gasteiger partial charge in [-0.05, 0) is 42.5 Å². The molecule has 0 unspecified atom stereocenters. The number of allylic oxidation sites excluding steroid dienone is 2. The minimum atomic E-state index is 0.00667. The Kier molecular flexibility index (Phi) is 3.23. The van der Waals surface area contributed by atoms with E-state index in [1.807, 2.05) is 0 Å². The molecule has 1 heterocycles. The summed E-state index contributed by atoms with van der Waals surface area (Å²) in [5.74, 6) is 0. The second kappa shape index (κ2) is 4.63. The Balaban J connectivity index is 1.98. The number of rotatable bonds is 3. The van der Waals surface area contributed by atoms with Crippen LogP contribution >= 0.6 is 23.2 Å². The largest absolute Gasteiger partial charge is 0.348 e. The summed E-state index contributed by atoms with van der Waals surface area (Å²) < 4.78 is 0. The van der Waals surface area contributed by atoms with Gasteiger partial charge in [-0.25, -0.2) is 5.48 Å². The molecule has 1 aliphatic rings. The van der Waals surface area contributed by atoms with Crippen LogP contribution in [0.2, 0.25) is 10.6 Å². The summed E-state index contributed by atoms with van der Waals surface area (Å²) in [6.45, 7) is 0. The van der Waals surface area contributed by atoms with Gasteiger partial charge in [0.25, 0.3) is 0 Å². The first-order chi connectivity index (χ1) is 7.24. The first-order valence-corrected chi connectivity index (χ1v) is 5.18. The quantitative estimate of drug-likeness (QED) is 0.829. The molecule has 0 amide bonds. The molecule has 15 heavy (non-hydrogen) atoms. The minimum absolute atomic E-state index is 0.00667. The zero-order chi connectivity index (χ0) is 10.7. The van der Waals surface area contributed by atoms with Crippen molar-refractivity contribution in [2.45, 2.75) is 19.3 Å². The Morgan fingerprint density at radius 1 is 1.20 bits per heavy atom. The molecule has 1 aromatic rings. The van der Waals surface area contributed by atoms with Gasteiger partial charge in [0.2, 0.25) is 10.6 Å².